The molecule has 1 aliphatic carbocycles. The zero-order chi connectivity index (χ0) is 30.9. The number of likely N-dealkylation sites (N-methyl/N-ethyl adjacent to an activating group) is 1. The normalized spacial score (nSPS) is 16.1. The maximum Gasteiger partial charge on any atom is 0.338 e. The van der Waals surface area contributed by atoms with Gasteiger partial charge in [-0.3, -0.25) is 4.79 Å². The van der Waals surface area contributed by atoms with Gasteiger partial charge in [-0.05, 0) is 54.3 Å². The Kier molecular flexibility index (Phi) is 10.0. The summed E-state index contributed by atoms with van der Waals surface area (Å²) in [7, 11) is 1.91. The van der Waals surface area contributed by atoms with Gasteiger partial charge >= 0.3 is 5.97 Å². The van der Waals surface area contributed by atoms with Crippen molar-refractivity contribution in [2.24, 2.45) is 5.41 Å². The predicted octanol–water partition coefficient (Wildman–Crippen LogP) is 8.26. The Morgan fingerprint density at radius 3 is 2.00 bits per heavy atom. The van der Waals surface area contributed by atoms with E-state index in [1.54, 1.807) is 24.3 Å². The predicted molar refractivity (Wildman–Crippen MR) is 170 cm³/mol. The molecule has 1 aromatic heterocycles. The van der Waals surface area contributed by atoms with E-state index < -0.39 is 13.6 Å². The van der Waals surface area contributed by atoms with Gasteiger partial charge in [0.1, 0.15) is 6.61 Å². The van der Waals surface area contributed by atoms with Crippen LogP contribution < -0.4 is 4.90 Å². The molecule has 1 saturated carbocycles. The number of aromatic nitrogens is 3. The fourth-order valence-electron chi connectivity index (χ4n) is 4.27. The largest absolute Gasteiger partial charge is 0.460 e. The second-order valence-electron chi connectivity index (χ2n) is 10.4. The van der Waals surface area contributed by atoms with Crippen LogP contribution in [-0.2, 0) is 17.1 Å². The number of rotatable bonds is 7. The molecule has 0 bridgehead atoms. The topological polar surface area (TPSA) is 85.3 Å². The summed E-state index contributed by atoms with van der Waals surface area (Å²) in [4.78, 5) is 39.4. The SMILES string of the molecule is CN(CCOC(=O)c1ccc(-c2nc(C(Cl)(Cl)Cl)nc(C(Cl)(Cl)Cl)n2)cc1)c1ccc(C=C2CCC(C)(C)C2=O)cc1. The standard InChI is InChI=1S/C29H26Cl6N4O3/c1-27(2)13-12-20(22(27)40)16-17-4-10-21(11-5-17)39(3)14-15-42-24(41)19-8-6-18(7-9-19)23-36-25(28(30,31)32)38-26(37-23)29(33,34)35/h4-11,16H,12-15H2,1-3H3. The number of alkyl halides is 6. The number of benzene rings is 2. The van der Waals surface area contributed by atoms with Crippen LogP contribution in [0, 0.1) is 5.41 Å². The van der Waals surface area contributed by atoms with E-state index in [1.807, 2.05) is 56.1 Å². The Hall–Kier alpha value is -2.13. The number of esters is 1. The van der Waals surface area contributed by atoms with Gasteiger partial charge in [-0.1, -0.05) is 108 Å². The molecule has 2 aromatic carbocycles. The number of anilines is 1. The van der Waals surface area contributed by atoms with Gasteiger partial charge in [0.2, 0.25) is 7.59 Å². The van der Waals surface area contributed by atoms with Crippen molar-refractivity contribution >= 4 is 93.1 Å². The Balaban J connectivity index is 1.35. The number of ketones is 1. The average Bonchev–Trinajstić information content (AvgIpc) is 3.19. The Labute approximate surface area is 274 Å². The zero-order valence-electron chi connectivity index (χ0n) is 22.8. The van der Waals surface area contributed by atoms with Gasteiger partial charge in [-0.2, -0.15) is 0 Å². The van der Waals surface area contributed by atoms with E-state index in [0.717, 1.165) is 29.7 Å². The number of Topliss-reactive ketones (excluding diaryl/α,β-unsaturated/α-hetero) is 1. The molecule has 1 heterocycles. The summed E-state index contributed by atoms with van der Waals surface area (Å²) in [5.74, 6) is -0.623. The van der Waals surface area contributed by atoms with Gasteiger partial charge in [0.05, 0.1) is 12.1 Å². The first-order valence-electron chi connectivity index (χ1n) is 12.8. The fourth-order valence-corrected chi connectivity index (χ4v) is 4.78. The van der Waals surface area contributed by atoms with Crippen molar-refractivity contribution in [3.63, 3.8) is 0 Å². The molecule has 222 valence electrons. The van der Waals surface area contributed by atoms with Crippen LogP contribution >= 0.6 is 69.6 Å². The molecule has 0 amide bonds. The summed E-state index contributed by atoms with van der Waals surface area (Å²) in [5, 5.41) is 0. The summed E-state index contributed by atoms with van der Waals surface area (Å²) >= 11 is 35.6. The van der Waals surface area contributed by atoms with E-state index in [-0.39, 0.29) is 35.3 Å². The third-order valence-corrected chi connectivity index (χ3v) is 7.80. The maximum atomic E-state index is 12.6. The molecule has 1 aliphatic rings. The van der Waals surface area contributed by atoms with Crippen molar-refractivity contribution in [3.8, 4) is 11.4 Å². The lowest BCUT2D eigenvalue weighted by molar-refractivity contribution is -0.121. The van der Waals surface area contributed by atoms with Crippen molar-refractivity contribution in [2.75, 3.05) is 25.1 Å². The van der Waals surface area contributed by atoms with Crippen LogP contribution in [0.3, 0.4) is 0 Å². The van der Waals surface area contributed by atoms with Crippen LogP contribution in [0.5, 0.6) is 0 Å². The van der Waals surface area contributed by atoms with Crippen LogP contribution in [0.4, 0.5) is 5.69 Å². The number of carbonyl (C=O) groups is 2. The van der Waals surface area contributed by atoms with E-state index in [2.05, 4.69) is 15.0 Å². The van der Waals surface area contributed by atoms with Crippen LogP contribution in [0.25, 0.3) is 17.5 Å². The molecule has 0 unspecified atom stereocenters. The highest BCUT2D eigenvalue weighted by Crippen LogP contribution is 2.41. The van der Waals surface area contributed by atoms with E-state index in [0.29, 0.717) is 17.7 Å². The van der Waals surface area contributed by atoms with Gasteiger partial charge in [0.15, 0.2) is 23.3 Å². The first kappa shape index (κ1) is 32.8. The van der Waals surface area contributed by atoms with Crippen molar-refractivity contribution < 1.29 is 14.3 Å². The second-order valence-corrected chi connectivity index (χ2v) is 15.0. The number of hydrogen-bond donors (Lipinski definition) is 0. The lowest BCUT2D eigenvalue weighted by Crippen LogP contribution is -2.23. The van der Waals surface area contributed by atoms with Gasteiger partial charge in [-0.15, -0.1) is 0 Å². The molecule has 0 spiro atoms. The lowest BCUT2D eigenvalue weighted by Gasteiger charge is -2.19. The molecule has 3 aromatic rings. The average molecular weight is 691 g/mol. The summed E-state index contributed by atoms with van der Waals surface area (Å²) in [5.41, 5.74) is 3.31. The summed E-state index contributed by atoms with van der Waals surface area (Å²) in [6.07, 6.45) is 3.64. The quantitative estimate of drug-likeness (QED) is 0.140. The monoisotopic (exact) mass is 688 g/mol. The number of carbonyl (C=O) groups excluding carboxylic acids is 2. The molecular weight excluding hydrogens is 665 g/mol. The number of allylic oxidation sites excluding steroid dienone is 1. The minimum atomic E-state index is -1.98. The van der Waals surface area contributed by atoms with Gasteiger partial charge in [0.25, 0.3) is 0 Å². The third-order valence-electron chi connectivity index (χ3n) is 6.78. The number of nitrogens with zero attached hydrogens (tertiary/aromatic N) is 4. The molecule has 13 heteroatoms. The highest BCUT2D eigenvalue weighted by molar-refractivity contribution is 6.67. The molecule has 7 nitrogen and oxygen atoms in total. The molecular formula is C29H26Cl6N4O3. The van der Waals surface area contributed by atoms with Gasteiger partial charge < -0.3 is 9.64 Å². The molecule has 4 rings (SSSR count). The minimum absolute atomic E-state index is 0.0927. The van der Waals surface area contributed by atoms with E-state index in [4.69, 9.17) is 74.3 Å². The highest BCUT2D eigenvalue weighted by atomic mass is 35.6. The van der Waals surface area contributed by atoms with Crippen molar-refractivity contribution in [3.05, 3.63) is 76.9 Å². The van der Waals surface area contributed by atoms with Gasteiger partial charge in [-0.25, -0.2) is 19.7 Å². The van der Waals surface area contributed by atoms with E-state index in [9.17, 15) is 9.59 Å². The lowest BCUT2D eigenvalue weighted by atomic mass is 9.90. The van der Waals surface area contributed by atoms with Crippen LogP contribution in [-0.4, -0.2) is 46.9 Å². The third kappa shape index (κ3) is 8.07. The Morgan fingerprint density at radius 1 is 0.929 bits per heavy atom. The molecule has 0 aliphatic heterocycles. The maximum absolute atomic E-state index is 12.6. The highest BCUT2D eigenvalue weighted by Gasteiger charge is 2.36. The summed E-state index contributed by atoms with van der Waals surface area (Å²) in [6.45, 7) is 4.62. The van der Waals surface area contributed by atoms with Gasteiger partial charge in [0, 0.05) is 23.7 Å². The molecule has 42 heavy (non-hydrogen) atoms. The Morgan fingerprint density at radius 2 is 1.50 bits per heavy atom. The van der Waals surface area contributed by atoms with E-state index in [1.165, 1.54) is 0 Å². The Bertz CT molecular complexity index is 1470. The molecule has 0 radical (unpaired) electrons. The molecule has 0 N–H and O–H groups in total. The molecule has 0 atom stereocenters. The molecule has 1 fully saturated rings. The van der Waals surface area contributed by atoms with Crippen molar-refractivity contribution in [1.82, 2.24) is 15.0 Å². The smallest absolute Gasteiger partial charge is 0.338 e. The number of ether oxygens (including phenoxy) is 1. The minimum Gasteiger partial charge on any atom is -0.460 e. The van der Waals surface area contributed by atoms with E-state index >= 15 is 0 Å². The number of halogens is 6. The summed E-state index contributed by atoms with van der Waals surface area (Å²) < 4.78 is 1.50. The first-order valence-corrected chi connectivity index (χ1v) is 15.1. The summed E-state index contributed by atoms with van der Waals surface area (Å²) in [6, 6.07) is 14.2. The zero-order valence-corrected chi connectivity index (χ0v) is 27.3. The first-order chi connectivity index (χ1) is 19.5. The van der Waals surface area contributed by atoms with Crippen LogP contribution in [0.2, 0.25) is 0 Å². The fraction of sp³-hybridized carbons (Fsp3) is 0.345. The van der Waals surface area contributed by atoms with Crippen molar-refractivity contribution in [2.45, 2.75) is 34.3 Å². The molecule has 0 saturated heterocycles. The second kappa shape index (κ2) is 12.8. The van der Waals surface area contributed by atoms with Crippen LogP contribution in [0.15, 0.2) is 54.1 Å². The number of hydrogen-bond acceptors (Lipinski definition) is 7. The van der Waals surface area contributed by atoms with Crippen LogP contribution in [0.1, 0.15) is 54.3 Å². The van der Waals surface area contributed by atoms with Crippen molar-refractivity contribution in [1.29, 1.82) is 0 Å².